The van der Waals surface area contributed by atoms with Crippen molar-refractivity contribution in [2.45, 2.75) is 31.6 Å². The summed E-state index contributed by atoms with van der Waals surface area (Å²) in [5.74, 6) is 0.994. The molecule has 0 aromatic carbocycles. The molecule has 3 aromatic rings. The minimum Gasteiger partial charge on any atom is -0.459 e. The van der Waals surface area contributed by atoms with Crippen LogP contribution in [0.3, 0.4) is 0 Å². The van der Waals surface area contributed by atoms with E-state index in [4.69, 9.17) is 8.94 Å². The first kappa shape index (κ1) is 19.8. The van der Waals surface area contributed by atoms with Gasteiger partial charge in [-0.25, -0.2) is 0 Å². The third kappa shape index (κ3) is 4.73. The van der Waals surface area contributed by atoms with Gasteiger partial charge in [0.05, 0.1) is 6.26 Å². The number of carbonyl (C=O) groups excluding carboxylic acids is 2. The van der Waals surface area contributed by atoms with Gasteiger partial charge in [-0.05, 0) is 43.5 Å². The van der Waals surface area contributed by atoms with Crippen LogP contribution in [-0.4, -0.2) is 51.5 Å². The van der Waals surface area contributed by atoms with Crippen LogP contribution < -0.4 is 5.32 Å². The largest absolute Gasteiger partial charge is 0.459 e. The maximum absolute atomic E-state index is 12.7. The number of nitrogens with zero attached hydrogens (tertiary/aromatic N) is 4. The van der Waals surface area contributed by atoms with Crippen molar-refractivity contribution < 1.29 is 18.5 Å². The lowest BCUT2D eigenvalue weighted by Gasteiger charge is -2.21. The minimum atomic E-state index is -0.208. The summed E-state index contributed by atoms with van der Waals surface area (Å²) in [6.07, 6.45) is 7.28. The van der Waals surface area contributed by atoms with Gasteiger partial charge in [-0.2, -0.15) is 4.98 Å². The van der Waals surface area contributed by atoms with Crippen LogP contribution in [0.25, 0.3) is 11.4 Å². The summed E-state index contributed by atoms with van der Waals surface area (Å²) in [6.45, 7) is 1.38. The van der Waals surface area contributed by atoms with E-state index in [0.29, 0.717) is 37.8 Å². The van der Waals surface area contributed by atoms with E-state index in [1.807, 2.05) is 12.1 Å². The topological polar surface area (TPSA) is 114 Å². The Morgan fingerprint density at radius 3 is 2.93 bits per heavy atom. The SMILES string of the molecule is O=C1CCN(C(=O)c2ccco2)CCCC(c2nc(-c3cccnc3)no2)CCN1. The first-order chi connectivity index (χ1) is 14.7. The summed E-state index contributed by atoms with van der Waals surface area (Å²) in [4.78, 5) is 35.1. The second-order valence-electron chi connectivity index (χ2n) is 7.20. The Morgan fingerprint density at radius 2 is 2.13 bits per heavy atom. The number of pyridine rings is 1. The predicted molar refractivity (Wildman–Crippen MR) is 106 cm³/mol. The predicted octanol–water partition coefficient (Wildman–Crippen LogP) is 2.64. The number of hydrogen-bond donors (Lipinski definition) is 1. The van der Waals surface area contributed by atoms with Crippen LogP contribution in [0.2, 0.25) is 0 Å². The van der Waals surface area contributed by atoms with Crippen LogP contribution in [0.1, 0.15) is 48.0 Å². The van der Waals surface area contributed by atoms with Crippen molar-refractivity contribution in [2.75, 3.05) is 19.6 Å². The van der Waals surface area contributed by atoms with Crippen molar-refractivity contribution >= 4 is 11.8 Å². The number of furan rings is 1. The molecule has 4 rings (SSSR count). The fourth-order valence-corrected chi connectivity index (χ4v) is 3.51. The number of aromatic nitrogens is 3. The quantitative estimate of drug-likeness (QED) is 0.707. The molecule has 1 aliphatic rings. The zero-order valence-corrected chi connectivity index (χ0v) is 16.5. The summed E-state index contributed by atoms with van der Waals surface area (Å²) in [5, 5.41) is 6.99. The Labute approximate surface area is 173 Å². The Bertz CT molecular complexity index is 970. The highest BCUT2D eigenvalue weighted by Crippen LogP contribution is 2.26. The molecule has 0 saturated carbocycles. The number of amides is 2. The maximum atomic E-state index is 12.7. The van der Waals surface area contributed by atoms with Crippen LogP contribution >= 0.6 is 0 Å². The van der Waals surface area contributed by atoms with E-state index in [-0.39, 0.29) is 29.9 Å². The standard InChI is InChI=1S/C21H23N5O4/c27-18-8-12-26(21(28)17-6-3-13-29-17)11-2-5-15(7-10-23-18)20-24-19(25-30-20)16-4-1-9-22-14-16/h1,3-4,6,9,13-15H,2,5,7-8,10-12H2,(H,23,27). The molecule has 2 amide bonds. The highest BCUT2D eigenvalue weighted by Gasteiger charge is 2.24. The van der Waals surface area contributed by atoms with E-state index in [1.165, 1.54) is 6.26 Å². The zero-order chi connectivity index (χ0) is 20.8. The molecule has 0 spiro atoms. The van der Waals surface area contributed by atoms with Gasteiger partial charge in [-0.15, -0.1) is 0 Å². The van der Waals surface area contributed by atoms with Crippen molar-refractivity contribution in [1.29, 1.82) is 0 Å². The maximum Gasteiger partial charge on any atom is 0.289 e. The zero-order valence-electron chi connectivity index (χ0n) is 16.5. The summed E-state index contributed by atoms with van der Waals surface area (Å²) in [5.41, 5.74) is 0.785. The molecule has 0 bridgehead atoms. The van der Waals surface area contributed by atoms with Crippen molar-refractivity contribution in [1.82, 2.24) is 25.3 Å². The van der Waals surface area contributed by atoms with E-state index in [0.717, 1.165) is 18.4 Å². The van der Waals surface area contributed by atoms with Crippen LogP contribution in [0.4, 0.5) is 0 Å². The number of carbonyl (C=O) groups is 2. The van der Waals surface area contributed by atoms with Gasteiger partial charge in [0.15, 0.2) is 5.76 Å². The molecular weight excluding hydrogens is 386 g/mol. The average Bonchev–Trinajstić information content (AvgIpc) is 3.46. The summed E-state index contributed by atoms with van der Waals surface area (Å²) < 4.78 is 10.8. The van der Waals surface area contributed by atoms with Gasteiger partial charge >= 0.3 is 0 Å². The van der Waals surface area contributed by atoms with Gasteiger partial charge in [-0.1, -0.05) is 5.16 Å². The molecule has 0 aliphatic carbocycles. The van der Waals surface area contributed by atoms with Gasteiger partial charge in [-0.3, -0.25) is 14.6 Å². The molecule has 0 radical (unpaired) electrons. The highest BCUT2D eigenvalue weighted by molar-refractivity contribution is 5.91. The Hall–Kier alpha value is -3.49. The van der Waals surface area contributed by atoms with Gasteiger partial charge in [0.2, 0.25) is 17.6 Å². The number of rotatable bonds is 3. The van der Waals surface area contributed by atoms with Crippen molar-refractivity contribution in [2.24, 2.45) is 0 Å². The minimum absolute atomic E-state index is 0.0121. The fraction of sp³-hybridized carbons (Fsp3) is 0.381. The first-order valence-corrected chi connectivity index (χ1v) is 10.0. The molecule has 9 nitrogen and oxygen atoms in total. The summed E-state index contributed by atoms with van der Waals surface area (Å²) in [7, 11) is 0. The Morgan fingerprint density at radius 1 is 1.20 bits per heavy atom. The van der Waals surface area contributed by atoms with E-state index in [9.17, 15) is 9.59 Å². The van der Waals surface area contributed by atoms with Crippen LogP contribution in [0, 0.1) is 0 Å². The fourth-order valence-electron chi connectivity index (χ4n) is 3.51. The molecule has 30 heavy (non-hydrogen) atoms. The summed E-state index contributed by atoms with van der Waals surface area (Å²) >= 11 is 0. The van der Waals surface area contributed by atoms with E-state index >= 15 is 0 Å². The molecule has 1 N–H and O–H groups in total. The smallest absolute Gasteiger partial charge is 0.289 e. The molecular formula is C21H23N5O4. The lowest BCUT2D eigenvalue weighted by Crippen LogP contribution is -2.35. The molecule has 1 fully saturated rings. The second kappa shape index (κ2) is 9.34. The Balaban J connectivity index is 1.47. The highest BCUT2D eigenvalue weighted by atomic mass is 16.5. The third-order valence-electron chi connectivity index (χ3n) is 5.13. The molecule has 1 saturated heterocycles. The molecule has 1 atom stereocenters. The second-order valence-corrected chi connectivity index (χ2v) is 7.20. The van der Waals surface area contributed by atoms with Crippen LogP contribution in [0.5, 0.6) is 0 Å². The molecule has 4 heterocycles. The molecule has 9 heteroatoms. The van der Waals surface area contributed by atoms with E-state index < -0.39 is 0 Å². The number of hydrogen-bond acceptors (Lipinski definition) is 7. The lowest BCUT2D eigenvalue weighted by atomic mass is 9.99. The van der Waals surface area contributed by atoms with Crippen LogP contribution in [-0.2, 0) is 4.79 Å². The Kier molecular flexibility index (Phi) is 6.17. The monoisotopic (exact) mass is 409 g/mol. The van der Waals surface area contributed by atoms with Gasteiger partial charge in [0, 0.05) is 49.9 Å². The number of nitrogens with one attached hydrogen (secondary N) is 1. The van der Waals surface area contributed by atoms with Crippen molar-refractivity contribution in [3.05, 3.63) is 54.6 Å². The normalized spacial score (nSPS) is 18.5. The van der Waals surface area contributed by atoms with E-state index in [2.05, 4.69) is 20.4 Å². The van der Waals surface area contributed by atoms with Crippen LogP contribution in [0.15, 0.2) is 51.9 Å². The summed E-state index contributed by atoms with van der Waals surface area (Å²) in [6, 6.07) is 7.00. The van der Waals surface area contributed by atoms with Gasteiger partial charge in [0.1, 0.15) is 0 Å². The molecule has 1 aliphatic heterocycles. The van der Waals surface area contributed by atoms with E-state index in [1.54, 1.807) is 29.4 Å². The average molecular weight is 409 g/mol. The van der Waals surface area contributed by atoms with Crippen molar-refractivity contribution in [3.63, 3.8) is 0 Å². The lowest BCUT2D eigenvalue weighted by molar-refractivity contribution is -0.121. The molecule has 1 unspecified atom stereocenters. The first-order valence-electron chi connectivity index (χ1n) is 10.0. The molecule has 3 aromatic heterocycles. The van der Waals surface area contributed by atoms with Gasteiger partial charge < -0.3 is 19.2 Å². The van der Waals surface area contributed by atoms with Gasteiger partial charge in [0.25, 0.3) is 5.91 Å². The third-order valence-corrected chi connectivity index (χ3v) is 5.13. The van der Waals surface area contributed by atoms with Crippen molar-refractivity contribution in [3.8, 4) is 11.4 Å². The molecule has 156 valence electrons.